The lowest BCUT2D eigenvalue weighted by molar-refractivity contribution is -0.139. The third-order valence-electron chi connectivity index (χ3n) is 5.09. The molecule has 0 unspecified atom stereocenters. The summed E-state index contributed by atoms with van der Waals surface area (Å²) in [6, 6.07) is 13.1. The van der Waals surface area contributed by atoms with Gasteiger partial charge in [-0.05, 0) is 24.1 Å². The third-order valence-corrected chi connectivity index (χ3v) is 5.09. The summed E-state index contributed by atoms with van der Waals surface area (Å²) < 4.78 is 5.80. The van der Waals surface area contributed by atoms with Gasteiger partial charge in [-0.3, -0.25) is 24.3 Å². The van der Waals surface area contributed by atoms with E-state index < -0.39 is 0 Å². The molecule has 1 aromatic carbocycles. The zero-order valence-electron chi connectivity index (χ0n) is 15.4. The van der Waals surface area contributed by atoms with Crippen molar-refractivity contribution in [2.45, 2.75) is 18.9 Å². The number of hydrogen-bond donors (Lipinski definition) is 0. The Balaban J connectivity index is 1.30. The molecule has 3 heterocycles. The lowest BCUT2D eigenvalue weighted by Crippen LogP contribution is -2.42. The van der Waals surface area contributed by atoms with Gasteiger partial charge < -0.3 is 9.64 Å². The first-order valence-corrected chi connectivity index (χ1v) is 9.40. The number of carbonyl (C=O) groups is 3. The quantitative estimate of drug-likeness (QED) is 0.743. The van der Waals surface area contributed by atoms with Crippen LogP contribution in [0.5, 0.6) is 0 Å². The van der Waals surface area contributed by atoms with Crippen molar-refractivity contribution in [1.82, 2.24) is 14.8 Å². The highest BCUT2D eigenvalue weighted by molar-refractivity contribution is 6.20. The minimum absolute atomic E-state index is 0.0129. The van der Waals surface area contributed by atoms with Crippen LogP contribution in [0.25, 0.3) is 0 Å². The van der Waals surface area contributed by atoms with Crippen LogP contribution in [0.15, 0.2) is 48.7 Å². The number of hydrogen-bond acceptors (Lipinski definition) is 5. The van der Waals surface area contributed by atoms with E-state index in [1.165, 1.54) is 11.1 Å². The number of morpholine rings is 1. The predicted molar refractivity (Wildman–Crippen MR) is 101 cm³/mol. The standard InChI is InChI=1S/C21H21N3O4/c25-18(23-12-13-28-17(14-23)15-6-2-1-3-7-15)9-5-11-24-20(26)16-8-4-10-22-19(16)21(24)27/h1-4,6-8,10,17H,5,9,11-14H2/t17-/m1/s1. The minimum Gasteiger partial charge on any atom is -0.370 e. The summed E-state index contributed by atoms with van der Waals surface area (Å²) in [6.07, 6.45) is 2.08. The number of amides is 3. The fourth-order valence-electron chi connectivity index (χ4n) is 3.61. The fraction of sp³-hybridized carbons (Fsp3) is 0.333. The van der Waals surface area contributed by atoms with Crippen molar-refractivity contribution < 1.29 is 19.1 Å². The van der Waals surface area contributed by atoms with Crippen LogP contribution in [0.2, 0.25) is 0 Å². The first-order chi connectivity index (χ1) is 13.6. The molecule has 1 aromatic heterocycles. The molecule has 4 rings (SSSR count). The molecule has 144 valence electrons. The number of benzene rings is 1. The van der Waals surface area contributed by atoms with Gasteiger partial charge in [-0.15, -0.1) is 0 Å². The first-order valence-electron chi connectivity index (χ1n) is 9.40. The van der Waals surface area contributed by atoms with Crippen LogP contribution in [0.1, 0.15) is 45.4 Å². The molecule has 0 aliphatic carbocycles. The van der Waals surface area contributed by atoms with Crippen molar-refractivity contribution in [1.29, 1.82) is 0 Å². The molecule has 7 heteroatoms. The van der Waals surface area contributed by atoms with Crippen LogP contribution in [-0.2, 0) is 9.53 Å². The summed E-state index contributed by atoms with van der Waals surface area (Å²) in [6.45, 7) is 1.78. The highest BCUT2D eigenvalue weighted by Crippen LogP contribution is 2.23. The Kier molecular flexibility index (Phi) is 5.16. The van der Waals surface area contributed by atoms with Gasteiger partial charge >= 0.3 is 0 Å². The third kappa shape index (κ3) is 3.53. The normalized spacial score (nSPS) is 19.1. The van der Waals surface area contributed by atoms with E-state index in [2.05, 4.69) is 4.98 Å². The average Bonchev–Trinajstić information content (AvgIpc) is 2.99. The zero-order valence-corrected chi connectivity index (χ0v) is 15.4. The summed E-state index contributed by atoms with van der Waals surface area (Å²) in [7, 11) is 0. The number of carbonyl (C=O) groups excluding carboxylic acids is 3. The van der Waals surface area contributed by atoms with Gasteiger partial charge in [-0.2, -0.15) is 0 Å². The van der Waals surface area contributed by atoms with E-state index in [1.54, 1.807) is 17.0 Å². The van der Waals surface area contributed by atoms with Gasteiger partial charge in [0, 0.05) is 25.7 Å². The molecule has 1 atom stereocenters. The van der Waals surface area contributed by atoms with Crippen molar-refractivity contribution in [2.24, 2.45) is 0 Å². The van der Waals surface area contributed by atoms with E-state index in [-0.39, 0.29) is 42.5 Å². The molecule has 0 bridgehead atoms. The fourth-order valence-corrected chi connectivity index (χ4v) is 3.61. The Morgan fingerprint density at radius 1 is 1.11 bits per heavy atom. The number of nitrogens with zero attached hydrogens (tertiary/aromatic N) is 3. The van der Waals surface area contributed by atoms with Crippen molar-refractivity contribution in [2.75, 3.05) is 26.2 Å². The second-order valence-electron chi connectivity index (χ2n) is 6.87. The largest absolute Gasteiger partial charge is 0.370 e. The molecule has 0 radical (unpaired) electrons. The van der Waals surface area contributed by atoms with Crippen LogP contribution >= 0.6 is 0 Å². The van der Waals surface area contributed by atoms with E-state index in [9.17, 15) is 14.4 Å². The van der Waals surface area contributed by atoms with E-state index >= 15 is 0 Å². The summed E-state index contributed by atoms with van der Waals surface area (Å²) in [5.41, 5.74) is 1.58. The molecule has 0 N–H and O–H groups in total. The maximum atomic E-state index is 12.6. The lowest BCUT2D eigenvalue weighted by Gasteiger charge is -2.33. The monoisotopic (exact) mass is 379 g/mol. The second kappa shape index (κ2) is 7.90. The van der Waals surface area contributed by atoms with Crippen LogP contribution in [-0.4, -0.2) is 58.7 Å². The van der Waals surface area contributed by atoms with Crippen LogP contribution in [0.3, 0.4) is 0 Å². The number of fused-ring (bicyclic) bond motifs is 1. The molecule has 28 heavy (non-hydrogen) atoms. The number of aromatic nitrogens is 1. The molecule has 1 fully saturated rings. The Labute approximate surface area is 162 Å². The SMILES string of the molecule is O=C(CCCN1C(=O)c2cccnc2C1=O)N1CCO[C@@H](c2ccccc2)C1. The molecule has 1 saturated heterocycles. The number of rotatable bonds is 5. The van der Waals surface area contributed by atoms with E-state index in [4.69, 9.17) is 4.74 Å². The van der Waals surface area contributed by atoms with Gasteiger partial charge in [-0.25, -0.2) is 0 Å². The summed E-state index contributed by atoms with van der Waals surface area (Å²) in [5, 5.41) is 0. The van der Waals surface area contributed by atoms with Gasteiger partial charge in [0.15, 0.2) is 0 Å². The molecule has 2 aliphatic rings. The number of imide groups is 1. The van der Waals surface area contributed by atoms with Gasteiger partial charge in [0.2, 0.25) is 5.91 Å². The molecule has 0 spiro atoms. The molecular formula is C21H21N3O4. The van der Waals surface area contributed by atoms with Crippen molar-refractivity contribution in [3.8, 4) is 0 Å². The second-order valence-corrected chi connectivity index (χ2v) is 6.87. The predicted octanol–water partition coefficient (Wildman–Crippen LogP) is 2.06. The number of ether oxygens (including phenoxy) is 1. The Hall–Kier alpha value is -3.06. The Morgan fingerprint density at radius 2 is 1.93 bits per heavy atom. The molecule has 2 aromatic rings. The minimum atomic E-state index is -0.386. The maximum Gasteiger partial charge on any atom is 0.280 e. The van der Waals surface area contributed by atoms with Crippen LogP contribution < -0.4 is 0 Å². The molecular weight excluding hydrogens is 358 g/mol. The number of pyridine rings is 1. The summed E-state index contributed by atoms with van der Waals surface area (Å²) >= 11 is 0. The summed E-state index contributed by atoms with van der Waals surface area (Å²) in [5.74, 6) is -0.710. The van der Waals surface area contributed by atoms with E-state index in [1.807, 2.05) is 30.3 Å². The smallest absolute Gasteiger partial charge is 0.280 e. The topological polar surface area (TPSA) is 79.8 Å². The molecule has 0 saturated carbocycles. The molecule has 7 nitrogen and oxygen atoms in total. The van der Waals surface area contributed by atoms with Gasteiger partial charge in [-0.1, -0.05) is 30.3 Å². The average molecular weight is 379 g/mol. The Bertz CT molecular complexity index is 865. The van der Waals surface area contributed by atoms with Gasteiger partial charge in [0.1, 0.15) is 11.8 Å². The molecule has 3 amide bonds. The molecule has 2 aliphatic heterocycles. The summed E-state index contributed by atoms with van der Waals surface area (Å²) in [4.78, 5) is 44.2. The highest BCUT2D eigenvalue weighted by atomic mass is 16.5. The zero-order chi connectivity index (χ0) is 19.5. The highest BCUT2D eigenvalue weighted by Gasteiger charge is 2.36. The van der Waals surface area contributed by atoms with Gasteiger partial charge in [0.05, 0.1) is 18.7 Å². The van der Waals surface area contributed by atoms with Crippen molar-refractivity contribution >= 4 is 17.7 Å². The Morgan fingerprint density at radius 3 is 2.71 bits per heavy atom. The van der Waals surface area contributed by atoms with E-state index in [0.717, 1.165) is 5.56 Å². The first kappa shape index (κ1) is 18.3. The lowest BCUT2D eigenvalue weighted by atomic mass is 10.1. The van der Waals surface area contributed by atoms with Crippen LogP contribution in [0, 0.1) is 0 Å². The van der Waals surface area contributed by atoms with Crippen molar-refractivity contribution in [3.05, 3.63) is 65.5 Å². The van der Waals surface area contributed by atoms with Crippen molar-refractivity contribution in [3.63, 3.8) is 0 Å². The van der Waals surface area contributed by atoms with Gasteiger partial charge in [0.25, 0.3) is 11.8 Å². The van der Waals surface area contributed by atoms with E-state index in [0.29, 0.717) is 31.7 Å². The maximum absolute atomic E-state index is 12.6. The van der Waals surface area contributed by atoms with Crippen LogP contribution in [0.4, 0.5) is 0 Å².